The second-order valence-electron chi connectivity index (χ2n) is 9.54. The summed E-state index contributed by atoms with van der Waals surface area (Å²) in [5.74, 6) is 0.644. The molecule has 2 aromatic heterocycles. The first-order chi connectivity index (χ1) is 17.1. The maximum atomic E-state index is 12.3. The Bertz CT molecular complexity index is 1450. The van der Waals surface area contributed by atoms with Crippen molar-refractivity contribution in [2.45, 2.75) is 51.9 Å². The highest BCUT2D eigenvalue weighted by Gasteiger charge is 2.22. The summed E-state index contributed by atoms with van der Waals surface area (Å²) in [5, 5.41) is 5.03. The van der Waals surface area contributed by atoms with Crippen LogP contribution in [0.5, 0.6) is 5.75 Å². The molecule has 6 rings (SSSR count). The average Bonchev–Trinajstić information content (AvgIpc) is 3.31. The lowest BCUT2D eigenvalue weighted by Crippen LogP contribution is -2.13. The molecule has 0 saturated heterocycles. The zero-order chi connectivity index (χ0) is 23.9. The van der Waals surface area contributed by atoms with E-state index >= 15 is 0 Å². The van der Waals surface area contributed by atoms with Crippen molar-refractivity contribution in [2.24, 2.45) is 0 Å². The lowest BCUT2D eigenvalue weighted by atomic mass is 9.90. The van der Waals surface area contributed by atoms with Crippen molar-refractivity contribution in [3.05, 3.63) is 70.4 Å². The van der Waals surface area contributed by atoms with Crippen LogP contribution in [0.15, 0.2) is 42.5 Å². The maximum absolute atomic E-state index is 12.3. The van der Waals surface area contributed by atoms with E-state index in [2.05, 4.69) is 30.3 Å². The predicted molar refractivity (Wildman–Crippen MR) is 135 cm³/mol. The Labute approximate surface area is 204 Å². The average molecular weight is 468 g/mol. The fraction of sp³-hybridized carbons (Fsp3) is 0.345. The molecule has 178 valence electrons. The number of hydrogen-bond acceptors (Lipinski definition) is 5. The number of ether oxygens (including phenoxy) is 2. The topological polar surface area (TPSA) is 65.7 Å². The van der Waals surface area contributed by atoms with Gasteiger partial charge in [0.05, 0.1) is 31.5 Å². The van der Waals surface area contributed by atoms with Crippen LogP contribution in [0.3, 0.4) is 0 Å². The minimum Gasteiger partial charge on any atom is -0.493 e. The summed E-state index contributed by atoms with van der Waals surface area (Å²) in [4.78, 5) is 17.2. The number of methoxy groups -OCH3 is 1. The Balaban J connectivity index is 1.54. The molecule has 0 bridgehead atoms. The molecule has 6 heteroatoms. The summed E-state index contributed by atoms with van der Waals surface area (Å²) in [5.41, 5.74) is 10.4. The number of rotatable bonds is 4. The van der Waals surface area contributed by atoms with E-state index in [4.69, 9.17) is 19.6 Å². The van der Waals surface area contributed by atoms with E-state index < -0.39 is 0 Å². The van der Waals surface area contributed by atoms with Gasteiger partial charge in [-0.2, -0.15) is 5.10 Å². The van der Waals surface area contributed by atoms with Gasteiger partial charge in [-0.15, -0.1) is 0 Å². The van der Waals surface area contributed by atoms with Gasteiger partial charge in [-0.3, -0.25) is 4.79 Å². The number of hydrogen-bond donors (Lipinski definition) is 0. The molecule has 0 fully saturated rings. The van der Waals surface area contributed by atoms with Crippen molar-refractivity contribution >= 4 is 11.6 Å². The van der Waals surface area contributed by atoms with Gasteiger partial charge >= 0.3 is 5.97 Å². The highest BCUT2D eigenvalue weighted by atomic mass is 16.5. The summed E-state index contributed by atoms with van der Waals surface area (Å²) >= 11 is 0. The number of esters is 1. The molecule has 2 aliphatic rings. The molecule has 1 aliphatic heterocycles. The van der Waals surface area contributed by atoms with Gasteiger partial charge in [0, 0.05) is 28.5 Å². The fourth-order valence-corrected chi connectivity index (χ4v) is 5.42. The van der Waals surface area contributed by atoms with Crippen molar-refractivity contribution < 1.29 is 14.3 Å². The number of nitrogens with zero attached hydrogens (tertiary/aromatic N) is 3. The third-order valence-corrected chi connectivity index (χ3v) is 7.28. The van der Waals surface area contributed by atoms with Gasteiger partial charge < -0.3 is 9.47 Å². The lowest BCUT2D eigenvalue weighted by Gasteiger charge is -2.19. The summed E-state index contributed by atoms with van der Waals surface area (Å²) in [6, 6.07) is 15.0. The Morgan fingerprint density at radius 2 is 1.74 bits per heavy atom. The van der Waals surface area contributed by atoms with Gasteiger partial charge in [-0.05, 0) is 86.4 Å². The van der Waals surface area contributed by atoms with E-state index in [1.807, 2.05) is 23.6 Å². The van der Waals surface area contributed by atoms with Crippen molar-refractivity contribution in [1.82, 2.24) is 14.6 Å². The molecule has 0 spiro atoms. The van der Waals surface area contributed by atoms with Crippen LogP contribution in [-0.4, -0.2) is 34.3 Å². The van der Waals surface area contributed by atoms with Gasteiger partial charge in [0.25, 0.3) is 0 Å². The van der Waals surface area contributed by atoms with E-state index in [0.717, 1.165) is 77.5 Å². The van der Waals surface area contributed by atoms with E-state index in [0.29, 0.717) is 0 Å². The summed E-state index contributed by atoms with van der Waals surface area (Å²) in [7, 11) is 1.42. The quantitative estimate of drug-likeness (QED) is 0.382. The van der Waals surface area contributed by atoms with Gasteiger partial charge in [0.2, 0.25) is 0 Å². The molecule has 1 aliphatic carbocycles. The van der Waals surface area contributed by atoms with Gasteiger partial charge in [0.1, 0.15) is 5.75 Å². The largest absolute Gasteiger partial charge is 0.493 e. The normalized spacial score (nSPS) is 14.8. The minimum absolute atomic E-state index is 0.141. The second kappa shape index (κ2) is 8.84. The molecule has 0 saturated carbocycles. The van der Waals surface area contributed by atoms with Crippen LogP contribution in [0.25, 0.3) is 28.2 Å². The highest BCUT2D eigenvalue weighted by Crippen LogP contribution is 2.34. The molecule has 0 atom stereocenters. The molecule has 0 unspecified atom stereocenters. The fourth-order valence-electron chi connectivity index (χ4n) is 5.42. The SMILES string of the molecule is COC(=O)Cc1c(C)nc2cc(-c3ccc4c(c3)CCCC4)nn2c1-c1ccc2c(c1)CCCO2. The number of aromatic nitrogens is 3. The number of benzene rings is 2. The first-order valence-corrected chi connectivity index (χ1v) is 12.4. The van der Waals surface area contributed by atoms with Crippen LogP contribution in [0.4, 0.5) is 0 Å². The third kappa shape index (κ3) is 3.97. The lowest BCUT2D eigenvalue weighted by molar-refractivity contribution is -0.139. The number of carbonyl (C=O) groups is 1. The number of aryl methyl sites for hydroxylation is 4. The zero-order valence-corrected chi connectivity index (χ0v) is 20.3. The molecular formula is C29H29N3O3. The first-order valence-electron chi connectivity index (χ1n) is 12.4. The smallest absolute Gasteiger partial charge is 0.310 e. The first kappa shape index (κ1) is 21.8. The van der Waals surface area contributed by atoms with Crippen LogP contribution in [0.1, 0.15) is 47.2 Å². The van der Waals surface area contributed by atoms with Crippen molar-refractivity contribution in [3.63, 3.8) is 0 Å². The molecule has 0 N–H and O–H groups in total. The predicted octanol–water partition coefficient (Wildman–Crippen LogP) is 5.29. The molecule has 35 heavy (non-hydrogen) atoms. The van der Waals surface area contributed by atoms with E-state index in [9.17, 15) is 4.79 Å². The van der Waals surface area contributed by atoms with Gasteiger partial charge in [0.15, 0.2) is 5.65 Å². The molecule has 6 nitrogen and oxygen atoms in total. The Hall–Kier alpha value is -3.67. The van der Waals surface area contributed by atoms with E-state index in [1.54, 1.807) is 0 Å². The zero-order valence-electron chi connectivity index (χ0n) is 20.3. The monoisotopic (exact) mass is 467 g/mol. The Morgan fingerprint density at radius 3 is 2.60 bits per heavy atom. The summed E-state index contributed by atoms with van der Waals surface area (Å²) in [6.45, 7) is 2.71. The molecule has 0 amide bonds. The van der Waals surface area contributed by atoms with E-state index in [-0.39, 0.29) is 12.4 Å². The molecule has 2 aromatic carbocycles. The minimum atomic E-state index is -0.293. The van der Waals surface area contributed by atoms with Crippen molar-refractivity contribution in [2.75, 3.05) is 13.7 Å². The van der Waals surface area contributed by atoms with Gasteiger partial charge in [-0.1, -0.05) is 12.1 Å². The van der Waals surface area contributed by atoms with Crippen LogP contribution >= 0.6 is 0 Å². The molecule has 4 aromatic rings. The van der Waals surface area contributed by atoms with E-state index in [1.165, 1.54) is 36.6 Å². The van der Waals surface area contributed by atoms with Crippen LogP contribution in [0, 0.1) is 6.92 Å². The van der Waals surface area contributed by atoms with Crippen LogP contribution in [0.2, 0.25) is 0 Å². The highest BCUT2D eigenvalue weighted by molar-refractivity contribution is 5.79. The standard InChI is InChI=1S/C29H29N3O3/c1-18-24(16-28(33)34-2)29(23-11-12-26-22(15-23)8-5-13-35-26)32-27(30-18)17-25(31-32)21-10-9-19-6-3-4-7-20(19)14-21/h9-12,14-15,17H,3-8,13,16H2,1-2H3. The second-order valence-corrected chi connectivity index (χ2v) is 9.54. The number of carbonyl (C=O) groups excluding carboxylic acids is 1. The van der Waals surface area contributed by atoms with Crippen LogP contribution < -0.4 is 4.74 Å². The Kier molecular flexibility index (Phi) is 5.51. The summed E-state index contributed by atoms with van der Waals surface area (Å²) in [6.07, 6.45) is 6.91. The Morgan fingerprint density at radius 1 is 0.971 bits per heavy atom. The molecule has 0 radical (unpaired) electrons. The molecule has 3 heterocycles. The summed E-state index contributed by atoms with van der Waals surface area (Å²) < 4.78 is 12.7. The number of fused-ring (bicyclic) bond motifs is 3. The third-order valence-electron chi connectivity index (χ3n) is 7.28. The van der Waals surface area contributed by atoms with Crippen LogP contribution in [-0.2, 0) is 35.2 Å². The van der Waals surface area contributed by atoms with Crippen molar-refractivity contribution in [1.29, 1.82) is 0 Å². The maximum Gasteiger partial charge on any atom is 0.310 e. The molecular weight excluding hydrogens is 438 g/mol. The van der Waals surface area contributed by atoms with Crippen molar-refractivity contribution in [3.8, 4) is 28.3 Å². The van der Waals surface area contributed by atoms with Gasteiger partial charge in [-0.25, -0.2) is 9.50 Å².